The van der Waals surface area contributed by atoms with Crippen LogP contribution in [0, 0.1) is 11.8 Å². The Balaban J connectivity index is 1.34. The van der Waals surface area contributed by atoms with Crippen molar-refractivity contribution in [3.63, 3.8) is 0 Å². The molecule has 12 heteroatoms. The maximum Gasteiger partial charge on any atom is 0.322 e. The molecule has 0 radical (unpaired) electrons. The molecule has 7 rings (SSSR count). The lowest BCUT2D eigenvalue weighted by atomic mass is 9.89. The summed E-state index contributed by atoms with van der Waals surface area (Å²) in [4.78, 5) is 82.2. The maximum absolute atomic E-state index is 14.5. The van der Waals surface area contributed by atoms with Gasteiger partial charge in [0.2, 0.25) is 17.7 Å². The van der Waals surface area contributed by atoms with E-state index in [1.54, 1.807) is 24.3 Å². The van der Waals surface area contributed by atoms with Crippen molar-refractivity contribution >= 4 is 46.6 Å². The summed E-state index contributed by atoms with van der Waals surface area (Å²) < 4.78 is 5.81. The van der Waals surface area contributed by atoms with E-state index in [9.17, 15) is 33.9 Å². The van der Waals surface area contributed by atoms with Crippen LogP contribution >= 0.6 is 11.3 Å². The highest BCUT2D eigenvalue weighted by atomic mass is 32.1. The number of carbonyl (C=O) groups excluding carboxylic acids is 5. The fourth-order valence-corrected chi connectivity index (χ4v) is 7.91. The third kappa shape index (κ3) is 12.8. The number of amides is 3. The minimum atomic E-state index is -1.23. The molecule has 0 saturated carbocycles. The fraction of sp³-hybridized carbons (Fsp3) is 0.277. The number of fused-ring (bicyclic) bond motifs is 16. The number of rotatable bonds is 11. The highest BCUT2D eigenvalue weighted by Crippen LogP contribution is 2.23. The third-order valence-corrected chi connectivity index (χ3v) is 11.2. The van der Waals surface area contributed by atoms with E-state index in [0.717, 1.165) is 27.1 Å². The van der Waals surface area contributed by atoms with Gasteiger partial charge in [-0.2, -0.15) is 0 Å². The Morgan fingerprint density at radius 1 is 0.695 bits per heavy atom. The SMILES string of the molecule is O=C(O)CNC(=O)[C@H]1CC(=O)[C@@H](CCc2ccccc2)NC(=O)[C@H](Cc2ccc(-c3ccccc3)cc2)NC(=O)[C@@H](Cc2cccs2)CC(=O)COc2ccc(cc2)C1. The summed E-state index contributed by atoms with van der Waals surface area (Å²) in [6.07, 6.45) is 0.657. The molecule has 0 saturated heterocycles. The summed E-state index contributed by atoms with van der Waals surface area (Å²) >= 11 is 1.47. The van der Waals surface area contributed by atoms with Gasteiger partial charge in [0.15, 0.2) is 11.6 Å². The first-order valence-electron chi connectivity index (χ1n) is 19.7. The van der Waals surface area contributed by atoms with Crippen molar-refractivity contribution in [2.75, 3.05) is 13.2 Å². The van der Waals surface area contributed by atoms with Crippen molar-refractivity contribution in [1.29, 1.82) is 0 Å². The molecule has 3 amide bonds. The summed E-state index contributed by atoms with van der Waals surface area (Å²) in [5.41, 5.74) is 4.37. The Hall–Kier alpha value is -6.40. The molecule has 0 spiro atoms. The second-order valence-electron chi connectivity index (χ2n) is 14.8. The van der Waals surface area contributed by atoms with Gasteiger partial charge in [-0.25, -0.2) is 0 Å². The Kier molecular flexibility index (Phi) is 14.9. The van der Waals surface area contributed by atoms with E-state index >= 15 is 0 Å². The maximum atomic E-state index is 14.5. The number of aryl methyl sites for hydroxylation is 1. The van der Waals surface area contributed by atoms with Crippen LogP contribution in [0.5, 0.6) is 5.75 Å². The van der Waals surface area contributed by atoms with Crippen LogP contribution in [0.3, 0.4) is 0 Å². The van der Waals surface area contributed by atoms with Gasteiger partial charge in [0.25, 0.3) is 0 Å². The van der Waals surface area contributed by atoms with Crippen LogP contribution < -0.4 is 20.7 Å². The van der Waals surface area contributed by atoms with E-state index in [1.165, 1.54) is 11.3 Å². The predicted molar refractivity (Wildman–Crippen MR) is 225 cm³/mol. The van der Waals surface area contributed by atoms with Gasteiger partial charge >= 0.3 is 5.97 Å². The van der Waals surface area contributed by atoms with E-state index in [2.05, 4.69) is 16.0 Å². The zero-order valence-corrected chi connectivity index (χ0v) is 33.3. The van der Waals surface area contributed by atoms with E-state index in [0.29, 0.717) is 17.7 Å². The third-order valence-electron chi connectivity index (χ3n) is 10.3. The first kappa shape index (κ1) is 42.2. The highest BCUT2D eigenvalue weighted by molar-refractivity contribution is 7.09. The Labute approximate surface area is 347 Å². The van der Waals surface area contributed by atoms with Gasteiger partial charge in [-0.1, -0.05) is 103 Å². The van der Waals surface area contributed by atoms with Crippen molar-refractivity contribution < 1.29 is 38.6 Å². The molecule has 2 bridgehead atoms. The van der Waals surface area contributed by atoms with Gasteiger partial charge in [-0.3, -0.25) is 28.8 Å². The van der Waals surface area contributed by atoms with E-state index in [1.807, 2.05) is 102 Å². The number of carboxylic acid groups (broad SMARTS) is 1. The van der Waals surface area contributed by atoms with Crippen molar-refractivity contribution in [3.8, 4) is 16.9 Å². The largest absolute Gasteiger partial charge is 0.486 e. The first-order valence-corrected chi connectivity index (χ1v) is 20.5. The molecule has 2 aliphatic rings. The molecule has 4 N–H and O–H groups in total. The topological polar surface area (TPSA) is 168 Å². The fourth-order valence-electron chi connectivity index (χ4n) is 7.12. The summed E-state index contributed by atoms with van der Waals surface area (Å²) in [5, 5.41) is 19.5. The molecule has 1 aromatic heterocycles. The molecule has 0 aliphatic carbocycles. The second kappa shape index (κ2) is 20.9. The quantitative estimate of drug-likeness (QED) is 0.130. The Bertz CT molecular complexity index is 2190. The van der Waals surface area contributed by atoms with Crippen LogP contribution in [0.25, 0.3) is 11.1 Å². The number of thiophene rings is 1. The Morgan fingerprint density at radius 2 is 1.37 bits per heavy atom. The van der Waals surface area contributed by atoms with Gasteiger partial charge < -0.3 is 25.8 Å². The van der Waals surface area contributed by atoms with Gasteiger partial charge in [0.05, 0.1) is 6.04 Å². The number of aliphatic carboxylic acids is 1. The summed E-state index contributed by atoms with van der Waals surface area (Å²) in [6.45, 7) is -0.914. The molecule has 0 unspecified atom stereocenters. The number of hydrogen-bond donors (Lipinski definition) is 4. The lowest BCUT2D eigenvalue weighted by Crippen LogP contribution is -2.54. The van der Waals surface area contributed by atoms with Gasteiger partial charge in [-0.05, 0) is 77.1 Å². The van der Waals surface area contributed by atoms with E-state index in [4.69, 9.17) is 4.74 Å². The number of hydrogen-bond acceptors (Lipinski definition) is 8. The van der Waals surface area contributed by atoms with Crippen LogP contribution in [0.1, 0.15) is 40.8 Å². The van der Waals surface area contributed by atoms with Crippen LogP contribution in [0.15, 0.2) is 127 Å². The van der Waals surface area contributed by atoms with Gasteiger partial charge in [0, 0.05) is 36.0 Å². The van der Waals surface area contributed by atoms with E-state index < -0.39 is 59.9 Å². The Morgan fingerprint density at radius 3 is 2.05 bits per heavy atom. The molecular formula is C47H47N3O8S. The number of ketones is 2. The average molecular weight is 814 g/mol. The number of benzene rings is 4. The van der Waals surface area contributed by atoms with Crippen LogP contribution in [-0.4, -0.2) is 65.6 Å². The lowest BCUT2D eigenvalue weighted by molar-refractivity contribution is -0.139. The smallest absolute Gasteiger partial charge is 0.322 e. The minimum absolute atomic E-state index is 0.0865. The zero-order chi connectivity index (χ0) is 41.6. The molecule has 3 heterocycles. The van der Waals surface area contributed by atoms with Crippen LogP contribution in [0.4, 0.5) is 0 Å². The van der Waals surface area contributed by atoms with Crippen LogP contribution in [0.2, 0.25) is 0 Å². The molecule has 59 heavy (non-hydrogen) atoms. The molecule has 4 atom stereocenters. The van der Waals surface area contributed by atoms with Gasteiger partial charge in [0.1, 0.15) is 24.9 Å². The molecule has 4 aromatic carbocycles. The molecule has 0 fully saturated rings. The van der Waals surface area contributed by atoms with Crippen molar-refractivity contribution in [3.05, 3.63) is 148 Å². The van der Waals surface area contributed by atoms with Crippen molar-refractivity contribution in [2.24, 2.45) is 11.8 Å². The van der Waals surface area contributed by atoms with Gasteiger partial charge in [-0.15, -0.1) is 11.3 Å². The number of nitrogens with one attached hydrogen (secondary N) is 3. The highest BCUT2D eigenvalue weighted by Gasteiger charge is 2.33. The number of Topliss-reactive ketones (excluding diaryl/α,β-unsaturated/α-hetero) is 2. The number of ether oxygens (including phenoxy) is 1. The zero-order valence-electron chi connectivity index (χ0n) is 32.5. The summed E-state index contributed by atoms with van der Waals surface area (Å²) in [5.74, 6) is -5.04. The molecule has 304 valence electrons. The summed E-state index contributed by atoms with van der Waals surface area (Å²) in [6, 6.07) is 35.3. The predicted octanol–water partition coefficient (Wildman–Crippen LogP) is 5.79. The average Bonchev–Trinajstić information content (AvgIpc) is 3.77. The number of carboxylic acids is 1. The minimum Gasteiger partial charge on any atom is -0.486 e. The molecule has 5 aromatic rings. The molecule has 2 aliphatic heterocycles. The van der Waals surface area contributed by atoms with Crippen molar-refractivity contribution in [1.82, 2.24) is 16.0 Å². The van der Waals surface area contributed by atoms with Crippen molar-refractivity contribution in [2.45, 2.75) is 57.0 Å². The van der Waals surface area contributed by atoms with Crippen LogP contribution in [-0.2, 0) is 54.5 Å². The number of carbonyl (C=O) groups is 6. The molecule has 11 nitrogen and oxygen atoms in total. The second-order valence-corrected chi connectivity index (χ2v) is 15.8. The normalized spacial score (nSPS) is 19.3. The lowest BCUT2D eigenvalue weighted by Gasteiger charge is -2.26. The first-order chi connectivity index (χ1) is 28.6. The monoisotopic (exact) mass is 813 g/mol. The standard InChI is InChI=1S/C47H47N3O8S/c51-38-26-37(27-40-12-7-23-59-40)46(56)50-42(25-33-13-18-35(19-14-33)34-10-5-2-6-11-34)47(57)49-41(22-17-31-8-3-1-4-9-31)43(52)28-36(45(55)48-29-44(53)54)24-32-15-20-39(21-16-32)58-30-38/h1-16,18-21,23,36-37,41-42H,17,22,24-30H2,(H,48,55)(H,49,57)(H,50,56)(H,53,54)/t36-,37-,41-,42+/m1/s1. The molecular weight excluding hydrogens is 767 g/mol. The summed E-state index contributed by atoms with van der Waals surface area (Å²) in [7, 11) is 0. The van der Waals surface area contributed by atoms with E-state index in [-0.39, 0.29) is 50.9 Å².